The Balaban J connectivity index is 2.09. The predicted molar refractivity (Wildman–Crippen MR) is 105 cm³/mol. The molecular formula is C23H30O3. The van der Waals surface area contributed by atoms with Gasteiger partial charge in [0.15, 0.2) is 0 Å². The molecule has 0 fully saturated rings. The number of benzene rings is 1. The third kappa shape index (κ3) is 3.14. The summed E-state index contributed by atoms with van der Waals surface area (Å²) in [4.78, 5) is 11.0. The third-order valence-electron chi connectivity index (χ3n) is 6.34. The second-order valence-electron chi connectivity index (χ2n) is 8.95. The van der Waals surface area contributed by atoms with Crippen LogP contribution in [0.15, 0.2) is 36.4 Å². The summed E-state index contributed by atoms with van der Waals surface area (Å²) in [5, 5.41) is 9.06. The summed E-state index contributed by atoms with van der Waals surface area (Å²) in [6.07, 6.45) is 9.12. The highest BCUT2D eigenvalue weighted by atomic mass is 16.5. The van der Waals surface area contributed by atoms with E-state index in [1.807, 2.05) is 0 Å². The van der Waals surface area contributed by atoms with Crippen molar-refractivity contribution in [2.45, 2.75) is 69.8 Å². The van der Waals surface area contributed by atoms with E-state index in [0.29, 0.717) is 0 Å². The van der Waals surface area contributed by atoms with Gasteiger partial charge in [0.05, 0.1) is 0 Å². The first-order chi connectivity index (χ1) is 12.1. The molecule has 26 heavy (non-hydrogen) atoms. The van der Waals surface area contributed by atoms with Crippen LogP contribution in [-0.4, -0.2) is 23.8 Å². The van der Waals surface area contributed by atoms with Crippen molar-refractivity contribution in [3.05, 3.63) is 53.1 Å². The lowest BCUT2D eigenvalue weighted by Crippen LogP contribution is -2.34. The van der Waals surface area contributed by atoms with Gasteiger partial charge in [0.2, 0.25) is 0 Å². The average molecular weight is 354 g/mol. The second kappa shape index (κ2) is 6.38. The molecule has 2 aliphatic rings. The molecule has 3 heteroatoms. The molecule has 1 unspecified atom stereocenters. The Kier molecular flexibility index (Phi) is 4.64. The van der Waals surface area contributed by atoms with Gasteiger partial charge in [-0.25, -0.2) is 4.79 Å². The summed E-state index contributed by atoms with van der Waals surface area (Å²) < 4.78 is 5.83. The van der Waals surface area contributed by atoms with Crippen LogP contribution >= 0.6 is 0 Å². The van der Waals surface area contributed by atoms with Gasteiger partial charge in [0.25, 0.3) is 0 Å². The van der Waals surface area contributed by atoms with Crippen molar-refractivity contribution in [1.82, 2.24) is 0 Å². The van der Waals surface area contributed by atoms with Gasteiger partial charge in [0.1, 0.15) is 5.60 Å². The molecule has 140 valence electrons. The molecule has 0 amide bonds. The number of hydrogen-bond acceptors (Lipinski definition) is 2. The molecule has 3 nitrogen and oxygen atoms in total. The second-order valence-corrected chi connectivity index (χ2v) is 8.95. The Labute approximate surface area is 156 Å². The van der Waals surface area contributed by atoms with Crippen molar-refractivity contribution >= 4 is 11.5 Å². The fourth-order valence-corrected chi connectivity index (χ4v) is 4.52. The van der Waals surface area contributed by atoms with E-state index in [-0.39, 0.29) is 10.8 Å². The van der Waals surface area contributed by atoms with E-state index >= 15 is 0 Å². The van der Waals surface area contributed by atoms with Crippen molar-refractivity contribution in [3.8, 4) is 0 Å². The first kappa shape index (κ1) is 18.9. The van der Waals surface area contributed by atoms with Crippen molar-refractivity contribution in [2.24, 2.45) is 0 Å². The molecule has 1 aromatic rings. The molecule has 0 aromatic heterocycles. The maximum Gasteiger partial charge on any atom is 0.328 e. The lowest BCUT2D eigenvalue weighted by Gasteiger charge is -2.42. The number of fused-ring (bicyclic) bond motifs is 1. The van der Waals surface area contributed by atoms with E-state index < -0.39 is 11.6 Å². The molecular weight excluding hydrogens is 324 g/mol. The van der Waals surface area contributed by atoms with Gasteiger partial charge in [-0.05, 0) is 64.9 Å². The summed E-state index contributed by atoms with van der Waals surface area (Å²) in [5.41, 5.74) is 4.75. The van der Waals surface area contributed by atoms with Crippen LogP contribution < -0.4 is 0 Å². The summed E-state index contributed by atoms with van der Waals surface area (Å²) in [6.45, 7) is 9.29. The number of rotatable bonds is 4. The minimum Gasteiger partial charge on any atom is -0.478 e. The molecule has 0 spiro atoms. The van der Waals surface area contributed by atoms with Gasteiger partial charge in [-0.15, -0.1) is 0 Å². The Bertz CT molecular complexity index is 783. The minimum atomic E-state index is -0.944. The highest BCUT2D eigenvalue weighted by Crippen LogP contribution is 2.48. The molecule has 3 rings (SSSR count). The first-order valence-corrected chi connectivity index (χ1v) is 9.45. The van der Waals surface area contributed by atoms with E-state index in [0.717, 1.165) is 24.0 Å². The van der Waals surface area contributed by atoms with Crippen LogP contribution in [0.25, 0.3) is 5.57 Å². The first-order valence-electron chi connectivity index (χ1n) is 9.45. The zero-order chi connectivity index (χ0) is 19.2. The highest BCUT2D eigenvalue weighted by molar-refractivity contribution is 5.83. The summed E-state index contributed by atoms with van der Waals surface area (Å²) >= 11 is 0. The maximum atomic E-state index is 11.0. The zero-order valence-corrected chi connectivity index (χ0v) is 16.6. The summed E-state index contributed by atoms with van der Waals surface area (Å²) in [7, 11) is 1.66. The van der Waals surface area contributed by atoms with Crippen LogP contribution in [0, 0.1) is 0 Å². The molecule has 1 N–H and O–H groups in total. The fraction of sp³-hybridized carbons (Fsp3) is 0.522. The van der Waals surface area contributed by atoms with Gasteiger partial charge < -0.3 is 9.84 Å². The van der Waals surface area contributed by atoms with Gasteiger partial charge in [-0.3, -0.25) is 0 Å². The van der Waals surface area contributed by atoms with Gasteiger partial charge >= 0.3 is 5.97 Å². The SMILES string of the molecule is COC1(C=CC(=O)O)CCC=C1c1ccc2c(c1)C(C)(C)CCC2(C)C. The van der Waals surface area contributed by atoms with Gasteiger partial charge in [-0.2, -0.15) is 0 Å². The smallest absolute Gasteiger partial charge is 0.328 e. The van der Waals surface area contributed by atoms with Crippen LogP contribution in [0.5, 0.6) is 0 Å². The monoisotopic (exact) mass is 354 g/mol. The zero-order valence-electron chi connectivity index (χ0n) is 16.6. The number of carboxylic acid groups (broad SMARTS) is 1. The number of aliphatic carboxylic acids is 1. The van der Waals surface area contributed by atoms with Crippen molar-refractivity contribution < 1.29 is 14.6 Å². The van der Waals surface area contributed by atoms with Crippen molar-refractivity contribution in [3.63, 3.8) is 0 Å². The van der Waals surface area contributed by atoms with E-state index in [4.69, 9.17) is 9.84 Å². The molecule has 0 saturated heterocycles. The van der Waals surface area contributed by atoms with E-state index in [2.05, 4.69) is 52.0 Å². The van der Waals surface area contributed by atoms with Crippen molar-refractivity contribution in [2.75, 3.05) is 7.11 Å². The largest absolute Gasteiger partial charge is 0.478 e. The number of carbonyl (C=O) groups is 1. The molecule has 1 atom stereocenters. The van der Waals surface area contributed by atoms with Gasteiger partial charge in [-0.1, -0.05) is 52.0 Å². The molecule has 0 aliphatic heterocycles. The standard InChI is InChI=1S/C23H30O3/c1-21(2)13-14-22(3,4)19-15-16(8-9-18(19)21)17-7-6-11-23(17,26-5)12-10-20(24)25/h7-10,12,15H,6,11,13-14H2,1-5H3,(H,24,25). The summed E-state index contributed by atoms with van der Waals surface area (Å²) in [5.74, 6) is -0.944. The average Bonchev–Trinajstić information content (AvgIpc) is 3.01. The molecule has 0 heterocycles. The molecule has 0 saturated carbocycles. The van der Waals surface area contributed by atoms with Crippen LogP contribution in [0.1, 0.15) is 70.1 Å². The minimum absolute atomic E-state index is 0.145. The number of allylic oxidation sites excluding steroid dienone is 1. The van der Waals surface area contributed by atoms with Crippen LogP contribution in [0.2, 0.25) is 0 Å². The lowest BCUT2D eigenvalue weighted by molar-refractivity contribution is -0.131. The van der Waals surface area contributed by atoms with E-state index in [1.165, 1.54) is 30.0 Å². The van der Waals surface area contributed by atoms with Crippen LogP contribution in [0.4, 0.5) is 0 Å². The molecule has 0 radical (unpaired) electrons. The molecule has 1 aromatic carbocycles. The Morgan fingerprint density at radius 2 is 1.73 bits per heavy atom. The van der Waals surface area contributed by atoms with Crippen molar-refractivity contribution in [1.29, 1.82) is 0 Å². The van der Waals surface area contributed by atoms with Crippen LogP contribution in [0.3, 0.4) is 0 Å². The van der Waals surface area contributed by atoms with Gasteiger partial charge in [0, 0.05) is 13.2 Å². The fourth-order valence-electron chi connectivity index (χ4n) is 4.52. The van der Waals surface area contributed by atoms with E-state index in [1.54, 1.807) is 13.2 Å². The quantitative estimate of drug-likeness (QED) is 0.752. The lowest BCUT2D eigenvalue weighted by atomic mass is 9.62. The Morgan fingerprint density at radius 3 is 2.35 bits per heavy atom. The Hall–Kier alpha value is -1.87. The number of carboxylic acids is 1. The molecule has 0 bridgehead atoms. The highest BCUT2D eigenvalue weighted by Gasteiger charge is 2.40. The number of methoxy groups -OCH3 is 1. The molecule has 2 aliphatic carbocycles. The van der Waals surface area contributed by atoms with E-state index in [9.17, 15) is 4.79 Å². The normalized spacial score (nSPS) is 26.6. The number of hydrogen-bond donors (Lipinski definition) is 1. The summed E-state index contributed by atoms with van der Waals surface area (Å²) in [6, 6.07) is 6.77. The predicted octanol–water partition coefficient (Wildman–Crippen LogP) is 5.24. The third-order valence-corrected chi connectivity index (χ3v) is 6.34. The Morgan fingerprint density at radius 1 is 1.08 bits per heavy atom. The topological polar surface area (TPSA) is 46.5 Å². The maximum absolute atomic E-state index is 11.0. The van der Waals surface area contributed by atoms with Crippen LogP contribution in [-0.2, 0) is 20.4 Å². The number of ether oxygens (including phenoxy) is 1.